The molecule has 9 nitrogen and oxygen atoms in total. The summed E-state index contributed by atoms with van der Waals surface area (Å²) in [6, 6.07) is 15.5. The number of H-pyrrole nitrogens is 1. The summed E-state index contributed by atoms with van der Waals surface area (Å²) in [5.41, 5.74) is 3.61. The molecule has 202 valence electrons. The Morgan fingerprint density at radius 3 is 2.26 bits per heavy atom. The van der Waals surface area contributed by atoms with Crippen molar-refractivity contribution in [1.82, 2.24) is 15.1 Å². The molecule has 1 aromatic heterocycles. The van der Waals surface area contributed by atoms with Crippen molar-refractivity contribution in [3.05, 3.63) is 82.0 Å². The van der Waals surface area contributed by atoms with Crippen LogP contribution < -0.4 is 18.9 Å². The fraction of sp³-hybridized carbons (Fsp3) is 0.241. The maximum Gasteiger partial charge on any atom is 0.273 e. The summed E-state index contributed by atoms with van der Waals surface area (Å²) in [6.07, 6.45) is 0.603. The monoisotopic (exact) mass is 549 g/mol. The molecule has 0 spiro atoms. The van der Waals surface area contributed by atoms with Crippen LogP contribution >= 0.6 is 11.6 Å². The molecule has 2 N–H and O–H groups in total. The third-order valence-electron chi connectivity index (χ3n) is 6.88. The lowest BCUT2D eigenvalue weighted by Crippen LogP contribution is -2.31. The van der Waals surface area contributed by atoms with Gasteiger partial charge in [0.1, 0.15) is 22.9 Å². The number of carbonyl (C=O) groups excluding carboxylic acids is 1. The van der Waals surface area contributed by atoms with Crippen LogP contribution in [-0.4, -0.2) is 61.1 Å². The number of fused-ring (bicyclic) bond motifs is 1. The molecule has 0 radical (unpaired) electrons. The highest BCUT2D eigenvalue weighted by atomic mass is 35.5. The summed E-state index contributed by atoms with van der Waals surface area (Å²) in [4.78, 5) is 15.6. The van der Waals surface area contributed by atoms with Crippen molar-refractivity contribution in [2.45, 2.75) is 12.5 Å². The number of amides is 1. The van der Waals surface area contributed by atoms with E-state index in [1.54, 1.807) is 38.4 Å². The number of phenols is 1. The number of rotatable bonds is 9. The number of halogens is 1. The number of aromatic hydroxyl groups is 1. The quantitative estimate of drug-likeness (QED) is 0.293. The summed E-state index contributed by atoms with van der Waals surface area (Å²) in [6.45, 7) is 0.413. The Morgan fingerprint density at radius 2 is 1.64 bits per heavy atom. The summed E-state index contributed by atoms with van der Waals surface area (Å²) < 4.78 is 22.0. The summed E-state index contributed by atoms with van der Waals surface area (Å²) in [5.74, 6) is 1.91. The number of carbonyl (C=O) groups is 1. The number of hydrogen-bond donors (Lipinski definition) is 2. The maximum absolute atomic E-state index is 13.8. The van der Waals surface area contributed by atoms with Crippen LogP contribution in [0.3, 0.4) is 0 Å². The van der Waals surface area contributed by atoms with Crippen molar-refractivity contribution in [1.29, 1.82) is 0 Å². The van der Waals surface area contributed by atoms with E-state index in [9.17, 15) is 9.90 Å². The first-order valence-corrected chi connectivity index (χ1v) is 12.6. The lowest BCUT2D eigenvalue weighted by Gasteiger charge is -2.27. The Kier molecular flexibility index (Phi) is 7.26. The van der Waals surface area contributed by atoms with E-state index >= 15 is 0 Å². The SMILES string of the molecule is COc1ccc(CCN2C(=O)c3[nH]nc(-c4cc(Cl)ccc4O)c3C2c2cc(OC)c(OC)c(OC)c2)cc1. The zero-order valence-corrected chi connectivity index (χ0v) is 22.7. The second kappa shape index (κ2) is 10.8. The highest BCUT2D eigenvalue weighted by Crippen LogP contribution is 2.48. The van der Waals surface area contributed by atoms with Crippen LogP contribution in [-0.2, 0) is 6.42 Å². The first-order valence-electron chi connectivity index (χ1n) is 12.2. The van der Waals surface area contributed by atoms with Crippen LogP contribution in [0.25, 0.3) is 11.3 Å². The average Bonchev–Trinajstić information content (AvgIpc) is 3.50. The van der Waals surface area contributed by atoms with Gasteiger partial charge in [0.25, 0.3) is 5.91 Å². The zero-order valence-electron chi connectivity index (χ0n) is 21.9. The van der Waals surface area contributed by atoms with Gasteiger partial charge in [-0.05, 0) is 60.0 Å². The van der Waals surface area contributed by atoms with E-state index in [1.165, 1.54) is 13.2 Å². The fourth-order valence-corrected chi connectivity index (χ4v) is 5.15. The normalized spacial score (nSPS) is 14.3. The lowest BCUT2D eigenvalue weighted by molar-refractivity contribution is 0.0745. The predicted molar refractivity (Wildman–Crippen MR) is 146 cm³/mol. The van der Waals surface area contributed by atoms with E-state index in [2.05, 4.69) is 10.2 Å². The Labute approximate surface area is 230 Å². The minimum Gasteiger partial charge on any atom is -0.507 e. The number of nitrogens with zero attached hydrogens (tertiary/aromatic N) is 2. The van der Waals surface area contributed by atoms with Gasteiger partial charge in [-0.25, -0.2) is 0 Å². The van der Waals surface area contributed by atoms with Gasteiger partial charge in [0, 0.05) is 22.7 Å². The first-order chi connectivity index (χ1) is 18.9. The second-order valence-electron chi connectivity index (χ2n) is 8.98. The smallest absolute Gasteiger partial charge is 0.273 e. The van der Waals surface area contributed by atoms with Gasteiger partial charge in [-0.2, -0.15) is 5.10 Å². The Morgan fingerprint density at radius 1 is 0.949 bits per heavy atom. The molecule has 3 aromatic carbocycles. The topological polar surface area (TPSA) is 106 Å². The molecular formula is C29H28ClN3O6. The molecule has 39 heavy (non-hydrogen) atoms. The Bertz CT molecular complexity index is 1490. The van der Waals surface area contributed by atoms with Crippen molar-refractivity contribution >= 4 is 17.5 Å². The fourth-order valence-electron chi connectivity index (χ4n) is 4.98. The molecule has 1 amide bonds. The van der Waals surface area contributed by atoms with Gasteiger partial charge in [-0.1, -0.05) is 23.7 Å². The molecule has 4 aromatic rings. The summed E-state index contributed by atoms with van der Waals surface area (Å²) >= 11 is 6.26. The minimum atomic E-state index is -0.563. The third-order valence-corrected chi connectivity index (χ3v) is 7.12. The summed E-state index contributed by atoms with van der Waals surface area (Å²) in [5, 5.41) is 18.5. The van der Waals surface area contributed by atoms with Crippen molar-refractivity contribution in [2.75, 3.05) is 35.0 Å². The van der Waals surface area contributed by atoms with E-state index in [0.717, 1.165) is 16.9 Å². The van der Waals surface area contributed by atoms with Gasteiger partial charge in [0.15, 0.2) is 11.5 Å². The largest absolute Gasteiger partial charge is 0.507 e. The lowest BCUT2D eigenvalue weighted by atomic mass is 9.95. The molecule has 1 aliphatic rings. The Balaban J connectivity index is 1.64. The highest BCUT2D eigenvalue weighted by molar-refractivity contribution is 6.31. The minimum absolute atomic E-state index is 0.00136. The van der Waals surface area contributed by atoms with Crippen LogP contribution in [0.15, 0.2) is 54.6 Å². The van der Waals surface area contributed by atoms with Crippen LogP contribution in [0.4, 0.5) is 0 Å². The number of benzene rings is 3. The molecule has 1 atom stereocenters. The van der Waals surface area contributed by atoms with Crippen molar-refractivity contribution in [2.24, 2.45) is 0 Å². The molecule has 2 heterocycles. The molecule has 5 rings (SSSR count). The highest BCUT2D eigenvalue weighted by Gasteiger charge is 2.43. The molecule has 0 saturated heterocycles. The van der Waals surface area contributed by atoms with E-state index in [-0.39, 0.29) is 11.7 Å². The molecule has 0 saturated carbocycles. The van der Waals surface area contributed by atoms with Gasteiger partial charge in [0.05, 0.1) is 34.5 Å². The van der Waals surface area contributed by atoms with Crippen LogP contribution in [0, 0.1) is 0 Å². The number of nitrogens with one attached hydrogen (secondary N) is 1. The van der Waals surface area contributed by atoms with Gasteiger partial charge in [-0.15, -0.1) is 0 Å². The van der Waals surface area contributed by atoms with Crippen molar-refractivity contribution < 1.29 is 28.8 Å². The molecule has 0 aliphatic carbocycles. The van der Waals surface area contributed by atoms with Gasteiger partial charge < -0.3 is 29.0 Å². The standard InChI is InChI=1S/C29H28ClN3O6/c1-36-19-8-5-16(6-9-19)11-12-33-27(17-13-22(37-2)28(39-4)23(14-17)38-3)24-25(31-32-26(24)29(33)35)20-15-18(30)7-10-21(20)34/h5-10,13-15,27,34H,11-12H2,1-4H3,(H,31,32). The molecule has 0 bridgehead atoms. The van der Waals surface area contributed by atoms with Gasteiger partial charge in [-0.3, -0.25) is 9.89 Å². The number of phenolic OH excluding ortho intramolecular Hbond substituents is 1. The predicted octanol–water partition coefficient (Wildman–Crippen LogP) is 5.26. The first kappa shape index (κ1) is 26.2. The molecule has 1 aliphatic heterocycles. The van der Waals surface area contributed by atoms with Crippen molar-refractivity contribution in [3.63, 3.8) is 0 Å². The number of aromatic nitrogens is 2. The number of aromatic amines is 1. The number of ether oxygens (including phenoxy) is 4. The summed E-state index contributed by atoms with van der Waals surface area (Å²) in [7, 11) is 6.24. The van der Waals surface area contributed by atoms with E-state index in [1.807, 2.05) is 36.4 Å². The van der Waals surface area contributed by atoms with E-state index in [0.29, 0.717) is 57.8 Å². The molecule has 1 unspecified atom stereocenters. The zero-order chi connectivity index (χ0) is 27.7. The number of methoxy groups -OCH3 is 4. The third kappa shape index (κ3) is 4.70. The van der Waals surface area contributed by atoms with E-state index in [4.69, 9.17) is 30.5 Å². The van der Waals surface area contributed by atoms with Crippen LogP contribution in [0.1, 0.15) is 33.2 Å². The molecule has 0 fully saturated rings. The molecule has 10 heteroatoms. The number of hydrogen-bond acceptors (Lipinski definition) is 7. The second-order valence-corrected chi connectivity index (χ2v) is 9.42. The molecular weight excluding hydrogens is 522 g/mol. The van der Waals surface area contributed by atoms with E-state index < -0.39 is 6.04 Å². The van der Waals surface area contributed by atoms with Crippen LogP contribution in [0.2, 0.25) is 5.02 Å². The Hall–Kier alpha value is -4.37. The maximum atomic E-state index is 13.8. The van der Waals surface area contributed by atoms with Crippen molar-refractivity contribution in [3.8, 4) is 40.0 Å². The van der Waals surface area contributed by atoms with Gasteiger partial charge in [0.2, 0.25) is 5.75 Å². The van der Waals surface area contributed by atoms with Crippen LogP contribution in [0.5, 0.6) is 28.7 Å². The van der Waals surface area contributed by atoms with Gasteiger partial charge >= 0.3 is 0 Å². The average molecular weight is 550 g/mol.